The van der Waals surface area contributed by atoms with Gasteiger partial charge in [0, 0.05) is 24.8 Å². The van der Waals surface area contributed by atoms with Gasteiger partial charge in [-0.3, -0.25) is 14.3 Å². The number of non-ortho nitro benzene ring substituents is 1. The van der Waals surface area contributed by atoms with Crippen molar-refractivity contribution in [3.05, 3.63) is 106 Å². The Hall–Kier alpha value is -3.72. The van der Waals surface area contributed by atoms with Crippen LogP contribution in [0, 0.1) is 17.0 Å². The van der Waals surface area contributed by atoms with Crippen LogP contribution in [0.15, 0.2) is 83.8 Å². The van der Waals surface area contributed by atoms with E-state index in [-0.39, 0.29) is 22.8 Å². The molecule has 13 heteroatoms. The molecule has 0 spiro atoms. The second-order valence-electron chi connectivity index (χ2n) is 9.46. The molecule has 0 amide bonds. The number of hydrogen-bond acceptors (Lipinski definition) is 11. The van der Waals surface area contributed by atoms with Crippen molar-refractivity contribution in [3.8, 4) is 0 Å². The Bertz CT molecular complexity index is 1480. The van der Waals surface area contributed by atoms with E-state index in [1.54, 1.807) is 36.4 Å². The average Bonchev–Trinajstić information content (AvgIpc) is 2.98. The normalized spacial score (nSPS) is 26.1. The van der Waals surface area contributed by atoms with E-state index in [4.69, 9.17) is 27.9 Å². The molecule has 3 aromatic rings. The quantitative estimate of drug-likeness (QED) is 0.165. The number of ether oxygens (including phenoxy) is 5. The maximum Gasteiger partial charge on any atom is 0.338 e. The first-order chi connectivity index (χ1) is 19.7. The summed E-state index contributed by atoms with van der Waals surface area (Å²) in [6.07, 6.45) is -6.82. The molecule has 0 radical (unpaired) electrons. The molecule has 0 aromatic heterocycles. The molecule has 2 saturated heterocycles. The number of fused-ring (bicyclic) bond motifs is 1. The number of nitro groups is 1. The van der Waals surface area contributed by atoms with Crippen molar-refractivity contribution in [1.82, 2.24) is 0 Å². The Morgan fingerprint density at radius 3 is 2.27 bits per heavy atom. The summed E-state index contributed by atoms with van der Waals surface area (Å²) >= 11 is 0. The lowest BCUT2D eigenvalue weighted by atomic mass is 9.97. The Morgan fingerprint density at radius 2 is 1.63 bits per heavy atom. The van der Waals surface area contributed by atoms with Crippen molar-refractivity contribution in [2.45, 2.75) is 48.8 Å². The number of nitrogens with zero attached hydrogens (tertiary/aromatic N) is 1. The van der Waals surface area contributed by atoms with Gasteiger partial charge in [-0.1, -0.05) is 48.0 Å². The highest BCUT2D eigenvalue weighted by Crippen LogP contribution is 2.38. The predicted octanol–water partition coefficient (Wildman–Crippen LogP) is 3.69. The van der Waals surface area contributed by atoms with Crippen LogP contribution in [0.1, 0.15) is 27.8 Å². The highest BCUT2D eigenvalue weighted by atomic mass is 32.2. The zero-order valence-corrected chi connectivity index (χ0v) is 22.8. The molecule has 41 heavy (non-hydrogen) atoms. The SMILES string of the molecule is CO[C@H]1O[C@@H]2CO[C@H](c3ccccc3)O[C@@H]2[C@H](OC(=O)c2ccc([N+](=O)[O-])cc2)[C@H]1OS(=O)(=O)c1ccc(C)cc1. The van der Waals surface area contributed by atoms with Gasteiger partial charge in [-0.25, -0.2) is 4.79 Å². The van der Waals surface area contributed by atoms with Crippen molar-refractivity contribution in [1.29, 1.82) is 0 Å². The molecule has 0 bridgehead atoms. The number of carbonyl (C=O) groups excluding carboxylic acids is 1. The number of benzene rings is 3. The van der Waals surface area contributed by atoms with E-state index in [1.807, 2.05) is 13.0 Å². The van der Waals surface area contributed by atoms with Gasteiger partial charge in [0.05, 0.1) is 22.0 Å². The van der Waals surface area contributed by atoms with E-state index in [2.05, 4.69) is 0 Å². The molecule has 2 fully saturated rings. The third-order valence-electron chi connectivity index (χ3n) is 6.69. The summed E-state index contributed by atoms with van der Waals surface area (Å²) in [5, 5.41) is 11.0. The lowest BCUT2D eigenvalue weighted by Gasteiger charge is -2.47. The monoisotopic (exact) mass is 585 g/mol. The number of hydrogen-bond donors (Lipinski definition) is 0. The molecular formula is C28H27NO11S. The minimum absolute atomic E-state index is 0.000538. The maximum atomic E-state index is 13.3. The minimum atomic E-state index is -4.38. The predicted molar refractivity (Wildman–Crippen MR) is 141 cm³/mol. The van der Waals surface area contributed by atoms with Crippen LogP contribution in [-0.2, 0) is 38.0 Å². The van der Waals surface area contributed by atoms with Crippen molar-refractivity contribution in [2.24, 2.45) is 0 Å². The molecule has 0 aliphatic carbocycles. The third-order valence-corrected chi connectivity index (χ3v) is 8.02. The van der Waals surface area contributed by atoms with Gasteiger partial charge < -0.3 is 23.7 Å². The van der Waals surface area contributed by atoms with Crippen molar-refractivity contribution >= 4 is 21.8 Å². The third kappa shape index (κ3) is 6.30. The van der Waals surface area contributed by atoms with Crippen LogP contribution >= 0.6 is 0 Å². The van der Waals surface area contributed by atoms with Gasteiger partial charge in [0.1, 0.15) is 12.2 Å². The van der Waals surface area contributed by atoms with Gasteiger partial charge in [0.15, 0.2) is 24.8 Å². The maximum absolute atomic E-state index is 13.3. The number of aryl methyl sites for hydroxylation is 1. The summed E-state index contributed by atoms with van der Waals surface area (Å²) in [5.41, 5.74) is 1.32. The van der Waals surface area contributed by atoms with Gasteiger partial charge in [-0.15, -0.1) is 0 Å². The topological polar surface area (TPSA) is 150 Å². The minimum Gasteiger partial charge on any atom is -0.453 e. The number of esters is 1. The van der Waals surface area contributed by atoms with Crippen LogP contribution in [0.3, 0.4) is 0 Å². The first-order valence-corrected chi connectivity index (χ1v) is 14.0. The van der Waals surface area contributed by atoms with Gasteiger partial charge in [0.2, 0.25) is 0 Å². The van der Waals surface area contributed by atoms with Crippen LogP contribution in [0.5, 0.6) is 0 Å². The lowest BCUT2D eigenvalue weighted by molar-refractivity contribution is -0.384. The fraction of sp³-hybridized carbons (Fsp3) is 0.321. The molecule has 5 rings (SSSR count). The van der Waals surface area contributed by atoms with Gasteiger partial charge in [-0.05, 0) is 31.2 Å². The molecule has 216 valence electrons. The Labute approximate surface area is 236 Å². The zero-order chi connectivity index (χ0) is 29.1. The van der Waals surface area contributed by atoms with Crippen molar-refractivity contribution in [2.75, 3.05) is 13.7 Å². The summed E-state index contributed by atoms with van der Waals surface area (Å²) < 4.78 is 61.6. The van der Waals surface area contributed by atoms with Crippen LogP contribution < -0.4 is 0 Å². The molecule has 2 heterocycles. The number of carbonyl (C=O) groups is 1. The standard InChI is InChI=1S/C28H27NO11S/c1-17-8-14-21(15-9-17)41(33,34)40-25-24(38-26(30)18-10-12-20(13-11-18)29(31)32)23-22(37-28(25)35-2)16-36-27(39-23)19-6-4-3-5-7-19/h3-15,22-25,27-28H,16H2,1-2H3/t22-,23+,24+,25-,27+,28+/m1/s1. The number of methoxy groups -OCH3 is 1. The van der Waals surface area contributed by atoms with E-state index in [0.717, 1.165) is 17.7 Å². The van der Waals surface area contributed by atoms with E-state index in [1.165, 1.54) is 31.4 Å². The van der Waals surface area contributed by atoms with Crippen LogP contribution in [0.25, 0.3) is 0 Å². The van der Waals surface area contributed by atoms with Crippen molar-refractivity contribution < 1.29 is 46.0 Å². The Morgan fingerprint density at radius 1 is 0.951 bits per heavy atom. The number of nitro benzene ring substituents is 1. The van der Waals surface area contributed by atoms with Crippen LogP contribution in [-0.4, -0.2) is 63.7 Å². The second-order valence-corrected chi connectivity index (χ2v) is 11.0. The second kappa shape index (κ2) is 12.0. The first kappa shape index (κ1) is 28.8. The molecule has 0 saturated carbocycles. The van der Waals surface area contributed by atoms with Crippen molar-refractivity contribution in [3.63, 3.8) is 0 Å². The summed E-state index contributed by atoms with van der Waals surface area (Å²) in [6.45, 7) is 1.83. The summed E-state index contributed by atoms with van der Waals surface area (Å²) in [5.74, 6) is -0.881. The van der Waals surface area contributed by atoms with Crippen LogP contribution in [0.2, 0.25) is 0 Å². The van der Waals surface area contributed by atoms with E-state index < -0.39 is 58.0 Å². The lowest BCUT2D eigenvalue weighted by Crippen LogP contribution is -2.64. The molecule has 12 nitrogen and oxygen atoms in total. The van der Waals surface area contributed by atoms with Crippen LogP contribution in [0.4, 0.5) is 5.69 Å². The molecular weight excluding hydrogens is 558 g/mol. The molecule has 6 atom stereocenters. The first-order valence-electron chi connectivity index (χ1n) is 12.6. The van der Waals surface area contributed by atoms with E-state index in [9.17, 15) is 23.3 Å². The summed E-state index contributed by atoms with van der Waals surface area (Å²) in [6, 6.07) is 19.9. The summed E-state index contributed by atoms with van der Waals surface area (Å²) in [4.78, 5) is 23.6. The van der Waals surface area contributed by atoms with Gasteiger partial charge in [0.25, 0.3) is 15.8 Å². The number of rotatable bonds is 8. The Kier molecular flexibility index (Phi) is 8.45. The smallest absolute Gasteiger partial charge is 0.338 e. The summed E-state index contributed by atoms with van der Waals surface area (Å²) in [7, 11) is -3.09. The van der Waals surface area contributed by atoms with Gasteiger partial charge >= 0.3 is 5.97 Å². The Balaban J connectivity index is 1.49. The molecule has 0 unspecified atom stereocenters. The van der Waals surface area contributed by atoms with Gasteiger partial charge in [-0.2, -0.15) is 8.42 Å². The van der Waals surface area contributed by atoms with E-state index in [0.29, 0.717) is 5.56 Å². The highest BCUT2D eigenvalue weighted by molar-refractivity contribution is 7.86. The largest absolute Gasteiger partial charge is 0.453 e. The fourth-order valence-corrected chi connectivity index (χ4v) is 5.64. The average molecular weight is 586 g/mol. The zero-order valence-electron chi connectivity index (χ0n) is 22.0. The highest BCUT2D eigenvalue weighted by Gasteiger charge is 2.54. The molecule has 3 aromatic carbocycles. The molecule has 2 aliphatic rings. The van der Waals surface area contributed by atoms with E-state index >= 15 is 0 Å². The molecule has 2 aliphatic heterocycles. The fourth-order valence-electron chi connectivity index (χ4n) is 4.57. The molecule has 0 N–H and O–H groups in total.